The van der Waals surface area contributed by atoms with Crippen LogP contribution in [0.3, 0.4) is 0 Å². The summed E-state index contributed by atoms with van der Waals surface area (Å²) in [5.41, 5.74) is 4.92. The molecule has 0 aromatic carbocycles. The van der Waals surface area contributed by atoms with Gasteiger partial charge >= 0.3 is 51.4 Å². The van der Waals surface area contributed by atoms with Crippen LogP contribution in [-0.2, 0) is 0 Å². The van der Waals surface area contributed by atoms with Crippen molar-refractivity contribution in [3.63, 3.8) is 0 Å². The topological polar surface area (TPSA) is 0 Å². The van der Waals surface area contributed by atoms with Crippen molar-refractivity contribution in [2.24, 2.45) is 17.8 Å². The number of hydrogen-bond acceptors (Lipinski definition) is 0. The molecule has 0 aliphatic heterocycles. The first kappa shape index (κ1) is 16.1. The molecule has 0 saturated heterocycles. The largest absolute Gasteiger partial charge is 1.00 e. The van der Waals surface area contributed by atoms with Crippen LogP contribution < -0.4 is 51.4 Å². The maximum absolute atomic E-state index is 2.44. The standard InChI is InChI=1S/C14H24.K.H/c1-9(2)12-7-8-13(10(3)4)14(12)11(5)6;;/h7,9-11H,8H2,1-6H3;;/q;+1;-1. The van der Waals surface area contributed by atoms with Crippen LogP contribution in [0.5, 0.6) is 0 Å². The van der Waals surface area contributed by atoms with E-state index in [0.717, 1.165) is 0 Å². The average Bonchev–Trinajstić information content (AvgIpc) is 2.46. The van der Waals surface area contributed by atoms with Crippen LogP contribution in [0, 0.1) is 17.8 Å². The SMILES string of the molecule is CC(C)C1=CCC(C(C)C)=C1C(C)C.[H-].[K+]. The van der Waals surface area contributed by atoms with Gasteiger partial charge < -0.3 is 1.43 Å². The molecule has 0 fully saturated rings. The molecule has 0 nitrogen and oxygen atoms in total. The summed E-state index contributed by atoms with van der Waals surface area (Å²) in [4.78, 5) is 0. The molecule has 0 saturated carbocycles. The molecule has 0 radical (unpaired) electrons. The van der Waals surface area contributed by atoms with Gasteiger partial charge in [0.05, 0.1) is 0 Å². The molecule has 0 bridgehead atoms. The third-order valence-corrected chi connectivity index (χ3v) is 3.10. The Hall–Kier alpha value is 1.12. The third-order valence-electron chi connectivity index (χ3n) is 3.10. The van der Waals surface area contributed by atoms with E-state index >= 15 is 0 Å². The van der Waals surface area contributed by atoms with E-state index in [-0.39, 0.29) is 52.8 Å². The van der Waals surface area contributed by atoms with E-state index in [4.69, 9.17) is 0 Å². The monoisotopic (exact) mass is 232 g/mol. The Bertz CT molecular complexity index is 272. The smallest absolute Gasteiger partial charge is 1.00 e. The molecule has 0 amide bonds. The minimum atomic E-state index is 0. The zero-order valence-electron chi connectivity index (χ0n) is 12.5. The Morgan fingerprint density at radius 2 is 1.47 bits per heavy atom. The molecule has 0 N–H and O–H groups in total. The van der Waals surface area contributed by atoms with Crippen molar-refractivity contribution in [3.05, 3.63) is 22.8 Å². The average molecular weight is 232 g/mol. The first-order valence-corrected chi connectivity index (χ1v) is 5.88. The molecule has 1 heteroatoms. The van der Waals surface area contributed by atoms with E-state index in [1.807, 2.05) is 0 Å². The van der Waals surface area contributed by atoms with Gasteiger partial charge in [0, 0.05) is 0 Å². The zero-order valence-corrected chi connectivity index (χ0v) is 14.6. The second kappa shape index (κ2) is 6.76. The van der Waals surface area contributed by atoms with Crippen LogP contribution in [0.25, 0.3) is 0 Å². The van der Waals surface area contributed by atoms with E-state index in [1.165, 1.54) is 6.42 Å². The molecular weight excluding hydrogens is 207 g/mol. The third kappa shape index (κ3) is 3.81. The fourth-order valence-corrected chi connectivity index (χ4v) is 2.42. The van der Waals surface area contributed by atoms with Crippen molar-refractivity contribution < 1.29 is 52.8 Å². The second-order valence-electron chi connectivity index (χ2n) is 5.27. The molecule has 0 atom stereocenters. The van der Waals surface area contributed by atoms with Crippen LogP contribution in [-0.4, -0.2) is 0 Å². The van der Waals surface area contributed by atoms with Crippen LogP contribution in [0.1, 0.15) is 49.4 Å². The van der Waals surface area contributed by atoms with E-state index < -0.39 is 0 Å². The summed E-state index contributed by atoms with van der Waals surface area (Å²) in [6, 6.07) is 0. The van der Waals surface area contributed by atoms with Gasteiger partial charge in [0.1, 0.15) is 0 Å². The summed E-state index contributed by atoms with van der Waals surface area (Å²) in [6.45, 7) is 13.9. The van der Waals surface area contributed by atoms with Gasteiger partial charge in [0.25, 0.3) is 0 Å². The number of rotatable bonds is 3. The molecular formula is C14H25K. The number of hydrogen-bond donors (Lipinski definition) is 0. The van der Waals surface area contributed by atoms with E-state index in [1.54, 1.807) is 16.7 Å². The van der Waals surface area contributed by atoms with Crippen LogP contribution in [0.15, 0.2) is 22.8 Å². The molecule has 15 heavy (non-hydrogen) atoms. The summed E-state index contributed by atoms with van der Waals surface area (Å²) >= 11 is 0. The summed E-state index contributed by atoms with van der Waals surface area (Å²) in [7, 11) is 0. The van der Waals surface area contributed by atoms with Gasteiger partial charge in [-0.15, -0.1) is 0 Å². The molecule has 1 aliphatic carbocycles. The Balaban J connectivity index is 0. The minimum absolute atomic E-state index is 0. The molecule has 0 aromatic rings. The Labute approximate surface area is 140 Å². The van der Waals surface area contributed by atoms with Crippen molar-refractivity contribution in [3.8, 4) is 0 Å². The van der Waals surface area contributed by atoms with Crippen molar-refractivity contribution in [2.45, 2.75) is 48.0 Å². The predicted molar refractivity (Wildman–Crippen MR) is 65.4 cm³/mol. The first-order valence-electron chi connectivity index (χ1n) is 5.88. The Kier molecular flexibility index (Phi) is 7.26. The van der Waals surface area contributed by atoms with Crippen molar-refractivity contribution in [1.29, 1.82) is 0 Å². The molecule has 82 valence electrons. The van der Waals surface area contributed by atoms with Crippen LogP contribution in [0.4, 0.5) is 0 Å². The van der Waals surface area contributed by atoms with Crippen molar-refractivity contribution in [2.75, 3.05) is 0 Å². The van der Waals surface area contributed by atoms with E-state index in [9.17, 15) is 0 Å². The van der Waals surface area contributed by atoms with Crippen molar-refractivity contribution in [1.82, 2.24) is 0 Å². The Morgan fingerprint density at radius 1 is 0.933 bits per heavy atom. The minimum Gasteiger partial charge on any atom is -1.00 e. The fraction of sp³-hybridized carbons (Fsp3) is 0.714. The summed E-state index contributed by atoms with van der Waals surface area (Å²) in [5, 5.41) is 0. The van der Waals surface area contributed by atoms with Crippen molar-refractivity contribution >= 4 is 0 Å². The maximum atomic E-state index is 2.44. The van der Waals surface area contributed by atoms with E-state index in [0.29, 0.717) is 17.8 Å². The van der Waals surface area contributed by atoms with Gasteiger partial charge in [0.15, 0.2) is 0 Å². The van der Waals surface area contributed by atoms with Gasteiger partial charge in [-0.05, 0) is 35.3 Å². The molecule has 0 aromatic heterocycles. The van der Waals surface area contributed by atoms with Gasteiger partial charge in [-0.1, -0.05) is 53.2 Å². The van der Waals surface area contributed by atoms with Crippen LogP contribution >= 0.6 is 0 Å². The maximum Gasteiger partial charge on any atom is 1.00 e. The van der Waals surface area contributed by atoms with Crippen LogP contribution in [0.2, 0.25) is 0 Å². The zero-order chi connectivity index (χ0) is 10.9. The second-order valence-corrected chi connectivity index (χ2v) is 5.27. The molecule has 0 unspecified atom stereocenters. The summed E-state index contributed by atoms with van der Waals surface area (Å²) in [5.74, 6) is 2.08. The first-order chi connectivity index (χ1) is 6.45. The van der Waals surface area contributed by atoms with E-state index in [2.05, 4.69) is 47.6 Å². The van der Waals surface area contributed by atoms with Gasteiger partial charge in [-0.2, -0.15) is 0 Å². The predicted octanol–water partition coefficient (Wildman–Crippen LogP) is 1.70. The summed E-state index contributed by atoms with van der Waals surface area (Å²) in [6.07, 6.45) is 3.63. The van der Waals surface area contributed by atoms with Gasteiger partial charge in [-0.25, -0.2) is 0 Å². The quantitative estimate of drug-likeness (QED) is 0.650. The molecule has 1 aliphatic rings. The van der Waals surface area contributed by atoms with Gasteiger partial charge in [0.2, 0.25) is 0 Å². The normalized spacial score (nSPS) is 16.5. The Morgan fingerprint density at radius 3 is 1.80 bits per heavy atom. The molecule has 0 spiro atoms. The molecule has 1 rings (SSSR count). The number of allylic oxidation sites excluding steroid dienone is 4. The summed E-state index contributed by atoms with van der Waals surface area (Å²) < 4.78 is 0. The molecule has 0 heterocycles. The fourth-order valence-electron chi connectivity index (χ4n) is 2.42. The van der Waals surface area contributed by atoms with Gasteiger partial charge in [-0.3, -0.25) is 0 Å².